The highest BCUT2D eigenvalue weighted by molar-refractivity contribution is 7.87. The molecule has 0 aliphatic rings. The number of nitrogens with one attached hydrogen (secondary N) is 1. The van der Waals surface area contributed by atoms with E-state index in [-0.39, 0.29) is 16.3 Å². The van der Waals surface area contributed by atoms with E-state index < -0.39 is 63.7 Å². The third-order valence-corrected chi connectivity index (χ3v) is 6.09. The molecule has 0 saturated heterocycles. The third kappa shape index (κ3) is 7.25. The van der Waals surface area contributed by atoms with Crippen LogP contribution in [0.25, 0.3) is 0 Å². The molecule has 8 nitrogen and oxygen atoms in total. The Morgan fingerprint density at radius 2 is 1.71 bits per heavy atom. The Labute approximate surface area is 204 Å². The molecule has 2 aromatic rings. The van der Waals surface area contributed by atoms with Crippen molar-refractivity contribution in [3.05, 3.63) is 51.4 Å². The number of benzene rings is 1. The fourth-order valence-corrected chi connectivity index (χ4v) is 3.09. The van der Waals surface area contributed by atoms with E-state index in [0.29, 0.717) is 4.31 Å². The van der Waals surface area contributed by atoms with E-state index in [9.17, 15) is 39.6 Å². The number of carbonyl (C=O) groups excluding carboxylic acids is 1. The molecule has 1 heterocycles. The van der Waals surface area contributed by atoms with Crippen LogP contribution in [0.2, 0.25) is 10.0 Å². The third-order valence-electron chi connectivity index (χ3n) is 4.06. The minimum atomic E-state index is -5.83. The molecule has 2 rings (SSSR count). The van der Waals surface area contributed by atoms with Gasteiger partial charge in [0.15, 0.2) is 6.61 Å². The smallest absolute Gasteiger partial charge is 0.456 e. The first-order chi connectivity index (χ1) is 15.9. The van der Waals surface area contributed by atoms with Gasteiger partial charge in [0.1, 0.15) is 23.2 Å². The molecule has 194 valence electrons. The predicted octanol–water partition coefficient (Wildman–Crippen LogP) is 4.22. The zero-order chi connectivity index (χ0) is 26.8. The maximum Gasteiger partial charge on any atom is 0.456 e. The predicted molar refractivity (Wildman–Crippen MR) is 112 cm³/mol. The van der Waals surface area contributed by atoms with Crippen molar-refractivity contribution >= 4 is 39.3 Å². The normalized spacial score (nSPS) is 12.5. The van der Waals surface area contributed by atoms with Crippen molar-refractivity contribution in [3.63, 3.8) is 0 Å². The van der Waals surface area contributed by atoms with Crippen molar-refractivity contribution in [3.8, 4) is 11.6 Å². The van der Waals surface area contributed by atoms with Crippen LogP contribution in [-0.2, 0) is 16.8 Å². The molecule has 17 heteroatoms. The summed E-state index contributed by atoms with van der Waals surface area (Å²) in [5, 5.41) is -0.626. The number of amides is 1. The van der Waals surface area contributed by atoms with Gasteiger partial charge in [0.05, 0.1) is 11.8 Å². The Hall–Kier alpha value is -2.49. The van der Waals surface area contributed by atoms with Gasteiger partial charge in [-0.3, -0.25) is 4.79 Å². The molecule has 0 bridgehead atoms. The molecule has 0 radical (unpaired) electrons. The Kier molecular flexibility index (Phi) is 8.74. The highest BCUT2D eigenvalue weighted by atomic mass is 35.5. The summed E-state index contributed by atoms with van der Waals surface area (Å²) in [4.78, 5) is 15.6. The molecular weight excluding hydrogens is 555 g/mol. The van der Waals surface area contributed by atoms with E-state index in [1.165, 1.54) is 0 Å². The monoisotopic (exact) mass is 569 g/mol. The molecule has 1 amide bonds. The van der Waals surface area contributed by atoms with Gasteiger partial charge in [-0.15, -0.1) is 0 Å². The van der Waals surface area contributed by atoms with Gasteiger partial charge < -0.3 is 9.47 Å². The van der Waals surface area contributed by atoms with E-state index in [1.54, 1.807) is 4.72 Å². The lowest BCUT2D eigenvalue weighted by Crippen LogP contribution is -2.41. The van der Waals surface area contributed by atoms with E-state index >= 15 is 0 Å². The summed E-state index contributed by atoms with van der Waals surface area (Å²) < 4.78 is 112. The highest BCUT2D eigenvalue weighted by Gasteiger charge is 2.58. The fourth-order valence-electron chi connectivity index (χ4n) is 2.13. The standard InChI is InChI=1S/C18H15Cl2F6N3O5S/c1-29(2)35(31,32)28-15(30)11-5-12(19)9(3-14(11)21)7-33-10-4-13(20)16(27-6-10)34-8-17(22,23)18(24,25)26/h3-6H,7-8H2,1-2H3,(H,28,30). The molecule has 1 aromatic heterocycles. The van der Waals surface area contributed by atoms with Crippen LogP contribution in [0.15, 0.2) is 24.4 Å². The van der Waals surface area contributed by atoms with Crippen molar-refractivity contribution in [2.24, 2.45) is 0 Å². The summed E-state index contributed by atoms with van der Waals surface area (Å²) in [5.41, 5.74) is -0.650. The first kappa shape index (κ1) is 28.7. The molecule has 0 spiro atoms. The maximum absolute atomic E-state index is 14.4. The second-order valence-electron chi connectivity index (χ2n) is 6.88. The van der Waals surface area contributed by atoms with Crippen LogP contribution in [0.1, 0.15) is 15.9 Å². The first-order valence-electron chi connectivity index (χ1n) is 9.03. The zero-order valence-corrected chi connectivity index (χ0v) is 19.9. The van der Waals surface area contributed by atoms with Gasteiger partial charge in [-0.1, -0.05) is 23.2 Å². The number of hydrogen-bond acceptors (Lipinski definition) is 6. The van der Waals surface area contributed by atoms with E-state index in [4.69, 9.17) is 27.9 Å². The highest BCUT2D eigenvalue weighted by Crippen LogP contribution is 2.36. The number of alkyl halides is 5. The van der Waals surface area contributed by atoms with Crippen LogP contribution in [0.4, 0.5) is 26.3 Å². The van der Waals surface area contributed by atoms with Crippen molar-refractivity contribution < 1.29 is 49.0 Å². The first-order valence-corrected chi connectivity index (χ1v) is 11.2. The second kappa shape index (κ2) is 10.6. The summed E-state index contributed by atoms with van der Waals surface area (Å²) in [6, 6.07) is 2.68. The van der Waals surface area contributed by atoms with Gasteiger partial charge in [0.25, 0.3) is 5.91 Å². The summed E-state index contributed by atoms with van der Waals surface area (Å²) >= 11 is 11.8. The molecule has 35 heavy (non-hydrogen) atoms. The van der Waals surface area contributed by atoms with Gasteiger partial charge >= 0.3 is 22.3 Å². The average Bonchev–Trinajstić information content (AvgIpc) is 2.72. The summed E-state index contributed by atoms with van der Waals surface area (Å²) in [5.74, 6) is -8.35. The average molecular weight is 570 g/mol. The van der Waals surface area contributed by atoms with Gasteiger partial charge in [-0.2, -0.15) is 34.7 Å². The lowest BCUT2D eigenvalue weighted by Gasteiger charge is -2.19. The second-order valence-corrected chi connectivity index (χ2v) is 9.58. The van der Waals surface area contributed by atoms with Crippen LogP contribution >= 0.6 is 23.2 Å². The maximum atomic E-state index is 14.4. The number of ether oxygens (including phenoxy) is 2. The minimum Gasteiger partial charge on any atom is -0.487 e. The lowest BCUT2D eigenvalue weighted by atomic mass is 10.1. The molecule has 0 fully saturated rings. The summed E-state index contributed by atoms with van der Waals surface area (Å²) in [6.45, 7) is -2.47. The van der Waals surface area contributed by atoms with Crippen molar-refractivity contribution in [1.82, 2.24) is 14.0 Å². The van der Waals surface area contributed by atoms with Gasteiger partial charge in [-0.25, -0.2) is 14.1 Å². The van der Waals surface area contributed by atoms with Crippen LogP contribution in [0.3, 0.4) is 0 Å². The van der Waals surface area contributed by atoms with E-state index in [0.717, 1.165) is 38.5 Å². The van der Waals surface area contributed by atoms with E-state index in [2.05, 4.69) is 9.72 Å². The molecule has 0 aliphatic heterocycles. The van der Waals surface area contributed by atoms with Gasteiger partial charge in [0.2, 0.25) is 5.88 Å². The minimum absolute atomic E-state index is 0.0115. The Balaban J connectivity index is 2.09. The quantitative estimate of drug-likeness (QED) is 0.454. The summed E-state index contributed by atoms with van der Waals surface area (Å²) in [6.07, 6.45) is -4.93. The Morgan fingerprint density at radius 3 is 2.26 bits per heavy atom. The number of carbonyl (C=O) groups is 1. The molecule has 0 unspecified atom stereocenters. The topological polar surface area (TPSA) is 97.8 Å². The molecule has 1 N–H and O–H groups in total. The van der Waals surface area contributed by atoms with Crippen LogP contribution in [0.5, 0.6) is 11.6 Å². The molecular formula is C18H15Cl2F6N3O5S. The number of pyridine rings is 1. The molecule has 0 atom stereocenters. The van der Waals surface area contributed by atoms with Crippen LogP contribution < -0.4 is 14.2 Å². The van der Waals surface area contributed by atoms with Crippen molar-refractivity contribution in [2.75, 3.05) is 20.7 Å². The van der Waals surface area contributed by atoms with Crippen molar-refractivity contribution in [2.45, 2.75) is 18.7 Å². The largest absolute Gasteiger partial charge is 0.487 e. The number of rotatable bonds is 9. The Bertz CT molecular complexity index is 1210. The number of halogens is 8. The van der Waals surface area contributed by atoms with Gasteiger partial charge in [-0.05, 0) is 12.1 Å². The molecule has 1 aromatic carbocycles. The molecule has 0 aliphatic carbocycles. The number of nitrogens with zero attached hydrogens (tertiary/aromatic N) is 2. The van der Waals surface area contributed by atoms with Gasteiger partial charge in [0, 0.05) is 30.7 Å². The lowest BCUT2D eigenvalue weighted by molar-refractivity contribution is -0.290. The Morgan fingerprint density at radius 1 is 1.09 bits per heavy atom. The van der Waals surface area contributed by atoms with Crippen LogP contribution in [-0.4, -0.2) is 56.4 Å². The van der Waals surface area contributed by atoms with Crippen molar-refractivity contribution in [1.29, 1.82) is 0 Å². The number of hydrogen-bond donors (Lipinski definition) is 1. The zero-order valence-electron chi connectivity index (χ0n) is 17.6. The molecule has 0 saturated carbocycles. The SMILES string of the molecule is CN(C)S(=O)(=O)NC(=O)c1cc(Cl)c(COc2cnc(OCC(F)(F)C(F)(F)F)c(Cl)c2)cc1F. The fraction of sp³-hybridized carbons (Fsp3) is 0.333. The van der Waals surface area contributed by atoms with Crippen LogP contribution in [0, 0.1) is 5.82 Å². The number of aromatic nitrogens is 1. The van der Waals surface area contributed by atoms with E-state index in [1.807, 2.05) is 0 Å². The summed E-state index contributed by atoms with van der Waals surface area (Å²) in [7, 11) is -1.89.